The third kappa shape index (κ3) is 5.11. The Morgan fingerprint density at radius 2 is 1.87 bits per heavy atom. The summed E-state index contributed by atoms with van der Waals surface area (Å²) in [6.07, 6.45) is -0.637. The molecular weight excluding hydrogens is 222 g/mol. The van der Waals surface area contributed by atoms with Crippen molar-refractivity contribution >= 4 is 14.9 Å². The Balaban J connectivity index is 3.82. The quantitative estimate of drug-likeness (QED) is 0.327. The van der Waals surface area contributed by atoms with E-state index in [-0.39, 0.29) is 19.1 Å². The van der Waals surface area contributed by atoms with Crippen molar-refractivity contribution in [3.63, 3.8) is 0 Å². The highest BCUT2D eigenvalue weighted by molar-refractivity contribution is 6.69. The third-order valence-electron chi connectivity index (χ3n) is 2.12. The minimum atomic E-state index is -4.22. The Morgan fingerprint density at radius 1 is 1.33 bits per heavy atom. The van der Waals surface area contributed by atoms with Gasteiger partial charge in [-0.25, -0.2) is 4.79 Å². The standard InChI is InChI=1S/C9H18F2O3Si/c1-9(2,3)15(10,11)7-5-6-14-8(12)13-4/h5-7H2,1-4H3. The second-order valence-corrected chi connectivity index (χ2v) is 7.77. The van der Waals surface area contributed by atoms with Gasteiger partial charge in [-0.15, -0.1) is 0 Å². The Labute approximate surface area is 90.1 Å². The molecule has 0 spiro atoms. The molecule has 0 aliphatic carbocycles. The molecule has 0 aliphatic heterocycles. The summed E-state index contributed by atoms with van der Waals surface area (Å²) in [5.74, 6) is 0. The van der Waals surface area contributed by atoms with Gasteiger partial charge >= 0.3 is 14.9 Å². The lowest BCUT2D eigenvalue weighted by Crippen LogP contribution is -2.34. The van der Waals surface area contributed by atoms with Crippen LogP contribution in [0.1, 0.15) is 27.2 Å². The lowest BCUT2D eigenvalue weighted by molar-refractivity contribution is 0.0725. The number of carbonyl (C=O) groups is 1. The van der Waals surface area contributed by atoms with E-state index < -0.39 is 19.9 Å². The molecule has 0 aromatic carbocycles. The van der Waals surface area contributed by atoms with Crippen LogP contribution >= 0.6 is 0 Å². The van der Waals surface area contributed by atoms with Gasteiger partial charge in [-0.3, -0.25) is 8.22 Å². The second kappa shape index (κ2) is 5.44. The number of hydrogen-bond acceptors (Lipinski definition) is 3. The van der Waals surface area contributed by atoms with Crippen LogP contribution in [0.25, 0.3) is 0 Å². The van der Waals surface area contributed by atoms with E-state index in [2.05, 4.69) is 9.47 Å². The predicted molar refractivity (Wildman–Crippen MR) is 55.5 cm³/mol. The molecule has 6 heteroatoms. The van der Waals surface area contributed by atoms with Crippen LogP contribution in [0, 0.1) is 0 Å². The van der Waals surface area contributed by atoms with Gasteiger partial charge < -0.3 is 9.47 Å². The maximum Gasteiger partial charge on any atom is 0.507 e. The molecule has 0 N–H and O–H groups in total. The van der Waals surface area contributed by atoms with Crippen molar-refractivity contribution in [1.82, 2.24) is 0 Å². The van der Waals surface area contributed by atoms with Crippen LogP contribution in [0.3, 0.4) is 0 Å². The van der Waals surface area contributed by atoms with Gasteiger partial charge in [0.1, 0.15) is 0 Å². The minimum absolute atomic E-state index is 0.00859. The second-order valence-electron chi connectivity index (χ2n) is 4.36. The summed E-state index contributed by atoms with van der Waals surface area (Å²) in [6.45, 7) is 4.62. The lowest BCUT2D eigenvalue weighted by atomic mass is 10.2. The van der Waals surface area contributed by atoms with Gasteiger partial charge in [0.15, 0.2) is 0 Å². The smallest absolute Gasteiger partial charge is 0.438 e. The van der Waals surface area contributed by atoms with Crippen LogP contribution < -0.4 is 0 Å². The summed E-state index contributed by atoms with van der Waals surface area (Å²) in [4.78, 5) is 10.5. The maximum atomic E-state index is 13.5. The molecule has 0 aromatic rings. The molecule has 0 bridgehead atoms. The highest BCUT2D eigenvalue weighted by Crippen LogP contribution is 2.41. The van der Waals surface area contributed by atoms with E-state index in [9.17, 15) is 13.0 Å². The predicted octanol–water partition coefficient (Wildman–Crippen LogP) is 3.34. The van der Waals surface area contributed by atoms with Gasteiger partial charge in [0.25, 0.3) is 0 Å². The van der Waals surface area contributed by atoms with E-state index in [1.54, 1.807) is 20.8 Å². The van der Waals surface area contributed by atoms with Gasteiger partial charge in [-0.1, -0.05) is 20.8 Å². The molecular formula is C9H18F2O3Si. The zero-order chi connectivity index (χ0) is 12.1. The molecule has 0 saturated heterocycles. The van der Waals surface area contributed by atoms with Gasteiger partial charge in [0.05, 0.1) is 13.7 Å². The molecule has 0 heterocycles. The topological polar surface area (TPSA) is 35.5 Å². The van der Waals surface area contributed by atoms with Crippen LogP contribution in [0.4, 0.5) is 13.0 Å². The van der Waals surface area contributed by atoms with E-state index in [1.165, 1.54) is 7.11 Å². The van der Waals surface area contributed by atoms with E-state index in [1.807, 2.05) is 0 Å². The van der Waals surface area contributed by atoms with Crippen molar-refractivity contribution in [2.24, 2.45) is 0 Å². The van der Waals surface area contributed by atoms with Gasteiger partial charge in [0.2, 0.25) is 0 Å². The molecule has 0 saturated carbocycles. The molecule has 0 unspecified atom stereocenters. The van der Waals surface area contributed by atoms with E-state index in [4.69, 9.17) is 0 Å². The first-order valence-corrected chi connectivity index (χ1v) is 6.75. The Morgan fingerprint density at radius 3 is 2.27 bits per heavy atom. The van der Waals surface area contributed by atoms with Gasteiger partial charge in [0, 0.05) is 11.1 Å². The number of rotatable bonds is 4. The average molecular weight is 240 g/mol. The first-order valence-electron chi connectivity index (χ1n) is 4.79. The van der Waals surface area contributed by atoms with Crippen LogP contribution in [0.2, 0.25) is 11.1 Å². The number of hydrogen-bond donors (Lipinski definition) is 0. The maximum absolute atomic E-state index is 13.5. The van der Waals surface area contributed by atoms with Crippen LogP contribution in [0.5, 0.6) is 0 Å². The van der Waals surface area contributed by atoms with Crippen molar-refractivity contribution in [2.45, 2.75) is 38.3 Å². The number of carbonyl (C=O) groups excluding carboxylic acids is 1. The summed E-state index contributed by atoms with van der Waals surface area (Å²) in [5, 5.41) is -0.932. The molecule has 0 aromatic heterocycles. The Bertz CT molecular complexity index is 214. The molecule has 0 radical (unpaired) electrons. The fourth-order valence-electron chi connectivity index (χ4n) is 0.884. The highest BCUT2D eigenvalue weighted by atomic mass is 28.4. The molecule has 3 nitrogen and oxygen atoms in total. The van der Waals surface area contributed by atoms with Crippen LogP contribution in [-0.2, 0) is 9.47 Å². The third-order valence-corrected chi connectivity index (χ3v) is 5.30. The molecule has 0 atom stereocenters. The van der Waals surface area contributed by atoms with Crippen molar-refractivity contribution in [3.05, 3.63) is 0 Å². The Kier molecular flexibility index (Phi) is 5.20. The normalized spacial score (nSPS) is 12.4. The van der Waals surface area contributed by atoms with E-state index in [0.29, 0.717) is 0 Å². The van der Waals surface area contributed by atoms with Crippen molar-refractivity contribution in [1.29, 1.82) is 0 Å². The van der Waals surface area contributed by atoms with Crippen molar-refractivity contribution < 1.29 is 22.5 Å². The molecule has 15 heavy (non-hydrogen) atoms. The van der Waals surface area contributed by atoms with Crippen molar-refractivity contribution in [3.8, 4) is 0 Å². The summed E-state index contributed by atoms with van der Waals surface area (Å²) >= 11 is 0. The lowest BCUT2D eigenvalue weighted by Gasteiger charge is -2.26. The number of ether oxygens (including phenoxy) is 2. The SMILES string of the molecule is COC(=O)OCCC[Si](F)(F)C(C)(C)C. The first kappa shape index (κ1) is 14.3. The number of methoxy groups -OCH3 is 1. The summed E-state index contributed by atoms with van der Waals surface area (Å²) in [7, 11) is -3.04. The molecule has 90 valence electrons. The van der Waals surface area contributed by atoms with E-state index in [0.717, 1.165) is 0 Å². The molecule has 0 aliphatic rings. The van der Waals surface area contributed by atoms with E-state index >= 15 is 0 Å². The molecule has 0 fully saturated rings. The largest absolute Gasteiger partial charge is 0.507 e. The molecule has 0 amide bonds. The first-order chi connectivity index (χ1) is 6.70. The molecule has 0 rings (SSSR count). The zero-order valence-corrected chi connectivity index (χ0v) is 10.6. The van der Waals surface area contributed by atoms with Gasteiger partial charge in [-0.2, -0.15) is 0 Å². The zero-order valence-electron chi connectivity index (χ0n) is 9.60. The fourth-order valence-corrected chi connectivity index (χ4v) is 2.22. The minimum Gasteiger partial charge on any atom is -0.438 e. The summed E-state index contributed by atoms with van der Waals surface area (Å²) in [6, 6.07) is -0.159. The highest BCUT2D eigenvalue weighted by Gasteiger charge is 2.47. The fraction of sp³-hybridized carbons (Fsp3) is 0.889. The Hall–Kier alpha value is -0.653. The van der Waals surface area contributed by atoms with Crippen LogP contribution in [-0.4, -0.2) is 28.6 Å². The van der Waals surface area contributed by atoms with Crippen LogP contribution in [0.15, 0.2) is 0 Å². The monoisotopic (exact) mass is 240 g/mol. The van der Waals surface area contributed by atoms with Crippen molar-refractivity contribution in [2.75, 3.05) is 13.7 Å². The summed E-state index contributed by atoms with van der Waals surface area (Å²) in [5.41, 5.74) is 0. The summed E-state index contributed by atoms with van der Waals surface area (Å²) < 4.78 is 35.7. The number of halogens is 2. The average Bonchev–Trinajstić information content (AvgIpc) is 2.10. The van der Waals surface area contributed by atoms with Gasteiger partial charge in [-0.05, 0) is 6.42 Å².